The lowest BCUT2D eigenvalue weighted by Gasteiger charge is -2.25. The Morgan fingerprint density at radius 3 is 2.23 bits per heavy atom. The van der Waals surface area contributed by atoms with E-state index < -0.39 is 0 Å². The second-order valence-electron chi connectivity index (χ2n) is 4.65. The number of hydrogen-bond acceptors (Lipinski definition) is 3. The lowest BCUT2D eigenvalue weighted by Crippen LogP contribution is -2.27. The van der Waals surface area contributed by atoms with E-state index in [9.17, 15) is 0 Å². The van der Waals surface area contributed by atoms with Crippen molar-refractivity contribution >= 4 is 27.3 Å². The highest BCUT2D eigenvalue weighted by molar-refractivity contribution is 9.10. The van der Waals surface area contributed by atoms with Gasteiger partial charge in [-0.15, -0.1) is 10.2 Å². The minimum atomic E-state index is 0.621. The number of aromatic nitrogens is 3. The van der Waals surface area contributed by atoms with Gasteiger partial charge < -0.3 is 0 Å². The van der Waals surface area contributed by atoms with Crippen LogP contribution in [0.5, 0.6) is 0 Å². The highest BCUT2D eigenvalue weighted by Crippen LogP contribution is 2.22. The summed E-state index contributed by atoms with van der Waals surface area (Å²) in [5.41, 5.74) is 2.75. The van der Waals surface area contributed by atoms with Crippen LogP contribution in [0.2, 0.25) is 0 Å². The van der Waals surface area contributed by atoms with Gasteiger partial charge in [0.1, 0.15) is 12.7 Å². The van der Waals surface area contributed by atoms with Gasteiger partial charge in [-0.3, -0.25) is 5.01 Å². The van der Waals surface area contributed by atoms with Gasteiger partial charge in [-0.1, -0.05) is 40.2 Å². The Morgan fingerprint density at radius 2 is 1.64 bits per heavy atom. The normalized spacial score (nSPS) is 10.2. The Hall–Kier alpha value is -2.65. The molecule has 0 aliphatic carbocycles. The Balaban J connectivity index is 1.93. The van der Waals surface area contributed by atoms with Crippen molar-refractivity contribution in [1.82, 2.24) is 14.9 Å². The minimum Gasteiger partial charge on any atom is -0.275 e. The molecule has 1 aromatic heterocycles. The first-order valence-corrected chi connectivity index (χ1v) is 7.40. The van der Waals surface area contributed by atoms with Crippen molar-refractivity contribution < 1.29 is 0 Å². The molecule has 0 saturated heterocycles. The van der Waals surface area contributed by atoms with Gasteiger partial charge >= 0.3 is 0 Å². The quantitative estimate of drug-likeness (QED) is 0.663. The van der Waals surface area contributed by atoms with Crippen molar-refractivity contribution in [2.45, 2.75) is 6.54 Å². The van der Waals surface area contributed by atoms with Crippen molar-refractivity contribution in [3.05, 3.63) is 82.6 Å². The number of anilines is 1. The number of nitrogens with zero attached hydrogens (tertiary/aromatic N) is 5. The molecule has 3 rings (SSSR count). The van der Waals surface area contributed by atoms with Gasteiger partial charge in [0, 0.05) is 4.47 Å². The van der Waals surface area contributed by atoms with E-state index in [0.29, 0.717) is 12.2 Å². The molecule has 0 saturated carbocycles. The third-order valence-corrected chi connectivity index (χ3v) is 3.74. The van der Waals surface area contributed by atoms with Crippen LogP contribution in [0.4, 0.5) is 11.4 Å². The number of hydrogen-bond donors (Lipinski definition) is 0. The van der Waals surface area contributed by atoms with Crippen LogP contribution in [0.25, 0.3) is 4.85 Å². The minimum absolute atomic E-state index is 0.621. The smallest absolute Gasteiger partial charge is 0.187 e. The van der Waals surface area contributed by atoms with E-state index in [1.807, 2.05) is 34.0 Å². The molecule has 0 bridgehead atoms. The summed E-state index contributed by atoms with van der Waals surface area (Å²) >= 11 is 3.44. The number of halogens is 1. The average molecular weight is 354 g/mol. The molecule has 6 heteroatoms. The Labute approximate surface area is 136 Å². The van der Waals surface area contributed by atoms with Gasteiger partial charge in [-0.05, 0) is 29.8 Å². The predicted octanol–water partition coefficient (Wildman–Crippen LogP) is 4.06. The van der Waals surface area contributed by atoms with E-state index >= 15 is 0 Å². The van der Waals surface area contributed by atoms with Crippen molar-refractivity contribution in [1.29, 1.82) is 0 Å². The second-order valence-corrected chi connectivity index (χ2v) is 5.57. The van der Waals surface area contributed by atoms with Crippen LogP contribution in [0.15, 0.2) is 65.7 Å². The van der Waals surface area contributed by atoms with Gasteiger partial charge in [0.15, 0.2) is 5.69 Å². The van der Waals surface area contributed by atoms with E-state index in [-0.39, 0.29) is 0 Å². The molecule has 0 amide bonds. The zero-order valence-electron chi connectivity index (χ0n) is 11.6. The maximum absolute atomic E-state index is 7.04. The molecule has 3 aromatic rings. The molecule has 0 atom stereocenters. The highest BCUT2D eigenvalue weighted by atomic mass is 79.9. The molecule has 0 N–H and O–H groups in total. The van der Waals surface area contributed by atoms with Gasteiger partial charge in [0.2, 0.25) is 0 Å². The summed E-state index contributed by atoms with van der Waals surface area (Å²) in [5.74, 6) is 0. The Morgan fingerprint density at radius 1 is 1.00 bits per heavy atom. The van der Waals surface area contributed by atoms with E-state index in [2.05, 4.69) is 43.1 Å². The third kappa shape index (κ3) is 3.15. The predicted molar refractivity (Wildman–Crippen MR) is 88.4 cm³/mol. The van der Waals surface area contributed by atoms with Gasteiger partial charge in [-0.25, -0.2) is 9.52 Å². The van der Waals surface area contributed by atoms with Crippen LogP contribution in [0.3, 0.4) is 0 Å². The Kier molecular flexibility index (Phi) is 4.17. The lowest BCUT2D eigenvalue weighted by molar-refractivity contribution is 0.686. The molecular weight excluding hydrogens is 342 g/mol. The summed E-state index contributed by atoms with van der Waals surface area (Å²) < 4.78 is 2.88. The summed E-state index contributed by atoms with van der Waals surface area (Å²) in [7, 11) is 0. The molecule has 5 nitrogen and oxygen atoms in total. The van der Waals surface area contributed by atoms with Crippen molar-refractivity contribution in [2.24, 2.45) is 0 Å². The van der Waals surface area contributed by atoms with Crippen LogP contribution in [-0.4, -0.2) is 14.9 Å². The highest BCUT2D eigenvalue weighted by Gasteiger charge is 2.10. The van der Waals surface area contributed by atoms with Crippen LogP contribution in [-0.2, 0) is 6.54 Å². The van der Waals surface area contributed by atoms with Crippen LogP contribution in [0, 0.1) is 6.57 Å². The molecule has 0 aliphatic heterocycles. The number of rotatable bonds is 4. The fourth-order valence-corrected chi connectivity index (χ4v) is 2.35. The Bertz CT molecular complexity index is 773. The molecular formula is C16H12BrN5. The van der Waals surface area contributed by atoms with E-state index in [1.165, 1.54) is 0 Å². The topological polar surface area (TPSA) is 38.3 Å². The monoisotopic (exact) mass is 353 g/mol. The van der Waals surface area contributed by atoms with Gasteiger partial charge in [0.05, 0.1) is 18.8 Å². The van der Waals surface area contributed by atoms with Crippen LogP contribution >= 0.6 is 15.9 Å². The maximum atomic E-state index is 7.04. The number of benzene rings is 2. The third-order valence-electron chi connectivity index (χ3n) is 3.21. The summed E-state index contributed by atoms with van der Waals surface area (Å²) in [6.07, 6.45) is 3.31. The van der Waals surface area contributed by atoms with Crippen LogP contribution < -0.4 is 5.01 Å². The molecule has 0 radical (unpaired) electrons. The molecule has 1 heterocycles. The first-order valence-electron chi connectivity index (χ1n) is 6.61. The fourth-order valence-electron chi connectivity index (χ4n) is 2.09. The summed E-state index contributed by atoms with van der Waals surface area (Å²) in [4.78, 5) is 3.42. The molecule has 0 unspecified atom stereocenters. The largest absolute Gasteiger partial charge is 0.275 e. The fraction of sp³-hybridized carbons (Fsp3) is 0.0625. The first kappa shape index (κ1) is 14.3. The SMILES string of the molecule is [C-]#[N+]c1ccc(N(Cc2ccc(Br)cc2)n2cnnc2)cc1. The van der Waals surface area contributed by atoms with Gasteiger partial charge in [-0.2, -0.15) is 0 Å². The van der Waals surface area contributed by atoms with Crippen molar-refractivity contribution in [3.63, 3.8) is 0 Å². The standard InChI is InChI=1S/C16H12BrN5/c1-18-15-6-8-16(9-7-15)22(21-11-19-20-12-21)10-13-2-4-14(17)5-3-13/h2-9,11-12H,10H2. The molecule has 2 aromatic carbocycles. The molecule has 22 heavy (non-hydrogen) atoms. The molecule has 0 aliphatic rings. The van der Waals surface area contributed by atoms with E-state index in [4.69, 9.17) is 6.57 Å². The molecule has 108 valence electrons. The molecule has 0 spiro atoms. The zero-order valence-corrected chi connectivity index (χ0v) is 13.2. The first-order chi connectivity index (χ1) is 10.8. The van der Waals surface area contributed by atoms with E-state index in [0.717, 1.165) is 15.7 Å². The summed E-state index contributed by atoms with van der Waals surface area (Å²) in [6, 6.07) is 15.6. The van der Waals surface area contributed by atoms with Crippen molar-refractivity contribution in [2.75, 3.05) is 5.01 Å². The van der Waals surface area contributed by atoms with E-state index in [1.54, 1.807) is 24.8 Å². The van der Waals surface area contributed by atoms with Crippen LogP contribution in [0.1, 0.15) is 5.56 Å². The lowest BCUT2D eigenvalue weighted by atomic mass is 10.2. The molecule has 0 fully saturated rings. The average Bonchev–Trinajstić information content (AvgIpc) is 3.09. The van der Waals surface area contributed by atoms with Gasteiger partial charge in [0.25, 0.3) is 0 Å². The van der Waals surface area contributed by atoms with Crippen molar-refractivity contribution in [3.8, 4) is 0 Å². The summed E-state index contributed by atoms with van der Waals surface area (Å²) in [6.45, 7) is 7.71. The second kappa shape index (κ2) is 6.41. The zero-order chi connectivity index (χ0) is 15.4. The summed E-state index contributed by atoms with van der Waals surface area (Å²) in [5, 5.41) is 9.79. The maximum Gasteiger partial charge on any atom is 0.187 e.